The van der Waals surface area contributed by atoms with Crippen LogP contribution in [-0.4, -0.2) is 40.7 Å². The largest absolute Gasteiger partial charge is 0.394 e. The average molecular weight is 311 g/mol. The van der Waals surface area contributed by atoms with Gasteiger partial charge >= 0.3 is 0 Å². The van der Waals surface area contributed by atoms with Crippen LogP contribution in [0.3, 0.4) is 0 Å². The van der Waals surface area contributed by atoms with E-state index in [0.29, 0.717) is 18.5 Å². The minimum absolute atomic E-state index is 0.312. The van der Waals surface area contributed by atoms with Gasteiger partial charge < -0.3 is 15.1 Å². The molecule has 0 saturated heterocycles. The van der Waals surface area contributed by atoms with Gasteiger partial charge in [-0.05, 0) is 11.1 Å². The summed E-state index contributed by atoms with van der Waals surface area (Å²) in [6, 6.07) is 18.1. The monoisotopic (exact) mass is 311 g/mol. The van der Waals surface area contributed by atoms with E-state index in [1.165, 1.54) is 4.90 Å². The molecule has 0 aliphatic rings. The first-order valence-electron chi connectivity index (χ1n) is 7.52. The Morgan fingerprint density at radius 1 is 1.00 bits per heavy atom. The number of benzene rings is 2. The topological polar surface area (TPSA) is 60.8 Å². The molecule has 0 saturated carbocycles. The zero-order valence-corrected chi connectivity index (χ0v) is 12.8. The molecule has 2 atom stereocenters. The molecule has 1 amide bonds. The Morgan fingerprint density at radius 2 is 1.61 bits per heavy atom. The molecule has 4 heteroatoms. The van der Waals surface area contributed by atoms with Crippen LogP contribution < -0.4 is 0 Å². The number of hydrogen-bond acceptors (Lipinski definition) is 3. The van der Waals surface area contributed by atoms with Gasteiger partial charge in [-0.3, -0.25) is 4.79 Å². The highest BCUT2D eigenvalue weighted by atomic mass is 16.3. The smallest absolute Gasteiger partial charge is 0.210 e. The molecule has 0 aromatic heterocycles. The van der Waals surface area contributed by atoms with Crippen molar-refractivity contribution >= 4 is 12.5 Å². The summed E-state index contributed by atoms with van der Waals surface area (Å²) >= 11 is 0. The van der Waals surface area contributed by atoms with E-state index in [1.807, 2.05) is 60.7 Å². The van der Waals surface area contributed by atoms with Gasteiger partial charge in [0.25, 0.3) is 0 Å². The van der Waals surface area contributed by atoms with Crippen LogP contribution in [0.4, 0.5) is 0 Å². The number of rotatable bonds is 8. The molecule has 0 radical (unpaired) electrons. The molecule has 23 heavy (non-hydrogen) atoms. The number of hydrogen-bond donors (Lipinski definition) is 2. The van der Waals surface area contributed by atoms with Gasteiger partial charge in [0.1, 0.15) is 6.10 Å². The lowest BCUT2D eigenvalue weighted by Crippen LogP contribution is -2.41. The second kappa shape index (κ2) is 8.88. The SMILES string of the molecule is O=CN(C/C=C/c1ccccc1)[C@@H](CO)[C@@H](O)c1ccccc1. The van der Waals surface area contributed by atoms with Crippen molar-refractivity contribution in [2.45, 2.75) is 12.1 Å². The average Bonchev–Trinajstić information content (AvgIpc) is 2.62. The minimum atomic E-state index is -0.934. The molecule has 0 fully saturated rings. The van der Waals surface area contributed by atoms with Crippen molar-refractivity contribution in [2.75, 3.05) is 13.2 Å². The van der Waals surface area contributed by atoms with Gasteiger partial charge in [-0.25, -0.2) is 0 Å². The molecular weight excluding hydrogens is 290 g/mol. The Bertz CT molecular complexity index is 613. The van der Waals surface area contributed by atoms with Gasteiger partial charge in [-0.2, -0.15) is 0 Å². The minimum Gasteiger partial charge on any atom is -0.394 e. The first-order chi connectivity index (χ1) is 11.3. The fourth-order valence-corrected chi connectivity index (χ4v) is 2.39. The third-order valence-electron chi connectivity index (χ3n) is 3.68. The molecule has 0 aliphatic heterocycles. The first kappa shape index (κ1) is 16.9. The Hall–Kier alpha value is -2.43. The lowest BCUT2D eigenvalue weighted by Gasteiger charge is -2.30. The van der Waals surface area contributed by atoms with E-state index in [1.54, 1.807) is 12.1 Å². The van der Waals surface area contributed by atoms with Crippen molar-refractivity contribution < 1.29 is 15.0 Å². The summed E-state index contributed by atoms with van der Waals surface area (Å²) in [5.41, 5.74) is 1.70. The van der Waals surface area contributed by atoms with E-state index >= 15 is 0 Å². The van der Waals surface area contributed by atoms with Gasteiger partial charge in [0.2, 0.25) is 6.41 Å². The predicted molar refractivity (Wildman–Crippen MR) is 90.5 cm³/mol. The molecule has 2 aromatic carbocycles. The van der Waals surface area contributed by atoms with E-state index in [-0.39, 0.29) is 6.61 Å². The van der Waals surface area contributed by atoms with Gasteiger partial charge in [-0.1, -0.05) is 72.8 Å². The van der Waals surface area contributed by atoms with Crippen molar-refractivity contribution in [3.8, 4) is 0 Å². The number of carbonyl (C=O) groups excluding carboxylic acids is 1. The van der Waals surface area contributed by atoms with Crippen molar-refractivity contribution in [1.29, 1.82) is 0 Å². The maximum atomic E-state index is 11.4. The van der Waals surface area contributed by atoms with Crippen LogP contribution in [0.5, 0.6) is 0 Å². The number of aliphatic hydroxyl groups excluding tert-OH is 2. The van der Waals surface area contributed by atoms with Crippen LogP contribution in [0.1, 0.15) is 17.2 Å². The van der Waals surface area contributed by atoms with E-state index < -0.39 is 12.1 Å². The molecule has 120 valence electrons. The number of carbonyl (C=O) groups is 1. The second-order valence-corrected chi connectivity index (χ2v) is 5.22. The van der Waals surface area contributed by atoms with E-state index in [4.69, 9.17) is 0 Å². The summed E-state index contributed by atoms with van der Waals surface area (Å²) in [5, 5.41) is 20.0. The quantitative estimate of drug-likeness (QED) is 0.735. The number of aliphatic hydroxyl groups is 2. The molecule has 0 heterocycles. The van der Waals surface area contributed by atoms with E-state index in [9.17, 15) is 15.0 Å². The number of amides is 1. The lowest BCUT2D eigenvalue weighted by molar-refractivity contribution is -0.123. The molecule has 2 N–H and O–H groups in total. The molecular formula is C19H21NO3. The molecule has 0 spiro atoms. The highest BCUT2D eigenvalue weighted by Crippen LogP contribution is 2.20. The third-order valence-corrected chi connectivity index (χ3v) is 3.68. The lowest BCUT2D eigenvalue weighted by atomic mass is 10.0. The highest BCUT2D eigenvalue weighted by molar-refractivity contribution is 5.52. The van der Waals surface area contributed by atoms with E-state index in [2.05, 4.69) is 0 Å². The fourth-order valence-electron chi connectivity index (χ4n) is 2.39. The zero-order valence-electron chi connectivity index (χ0n) is 12.8. The molecule has 0 unspecified atom stereocenters. The van der Waals surface area contributed by atoms with Crippen molar-refractivity contribution in [2.24, 2.45) is 0 Å². The fraction of sp³-hybridized carbons (Fsp3) is 0.211. The highest BCUT2D eigenvalue weighted by Gasteiger charge is 2.25. The van der Waals surface area contributed by atoms with Crippen LogP contribution >= 0.6 is 0 Å². The molecule has 2 aromatic rings. The van der Waals surface area contributed by atoms with Crippen molar-refractivity contribution in [3.05, 3.63) is 77.9 Å². The van der Waals surface area contributed by atoms with Crippen molar-refractivity contribution in [1.82, 2.24) is 4.90 Å². The predicted octanol–water partition coefficient (Wildman–Crippen LogP) is 2.25. The summed E-state index contributed by atoms with van der Waals surface area (Å²) in [5.74, 6) is 0. The molecule has 0 bridgehead atoms. The Morgan fingerprint density at radius 3 is 2.17 bits per heavy atom. The van der Waals surface area contributed by atoms with Gasteiger partial charge in [0, 0.05) is 6.54 Å². The molecule has 4 nitrogen and oxygen atoms in total. The van der Waals surface area contributed by atoms with Gasteiger partial charge in [0.05, 0.1) is 12.6 Å². The summed E-state index contributed by atoms with van der Waals surface area (Å²) < 4.78 is 0. The van der Waals surface area contributed by atoms with Crippen LogP contribution in [0.15, 0.2) is 66.7 Å². The van der Waals surface area contributed by atoms with E-state index in [0.717, 1.165) is 5.56 Å². The molecule has 0 aliphatic carbocycles. The molecule has 2 rings (SSSR count). The van der Waals surface area contributed by atoms with Crippen LogP contribution in [0.2, 0.25) is 0 Å². The Labute approximate surface area is 136 Å². The maximum Gasteiger partial charge on any atom is 0.210 e. The van der Waals surface area contributed by atoms with Crippen LogP contribution in [0.25, 0.3) is 6.08 Å². The first-order valence-corrected chi connectivity index (χ1v) is 7.52. The summed E-state index contributed by atoms with van der Waals surface area (Å²) in [7, 11) is 0. The summed E-state index contributed by atoms with van der Waals surface area (Å²) in [6.07, 6.45) is 3.46. The second-order valence-electron chi connectivity index (χ2n) is 5.22. The standard InChI is InChI=1S/C19H21NO3/c21-14-18(19(23)17-11-5-2-6-12-17)20(15-22)13-7-10-16-8-3-1-4-9-16/h1-12,15,18-19,21,23H,13-14H2/b10-7+/t18-,19-/m0/s1. The summed E-state index contributed by atoms with van der Waals surface area (Å²) in [4.78, 5) is 12.8. The van der Waals surface area contributed by atoms with Crippen LogP contribution in [0, 0.1) is 0 Å². The maximum absolute atomic E-state index is 11.4. The zero-order chi connectivity index (χ0) is 16.5. The Balaban J connectivity index is 2.05. The summed E-state index contributed by atoms with van der Waals surface area (Å²) in [6.45, 7) is 0.00148. The van der Waals surface area contributed by atoms with Crippen molar-refractivity contribution in [3.63, 3.8) is 0 Å². The van der Waals surface area contributed by atoms with Gasteiger partial charge in [-0.15, -0.1) is 0 Å². The Kier molecular flexibility index (Phi) is 6.54. The normalized spacial score (nSPS) is 13.7. The third kappa shape index (κ3) is 4.77. The number of nitrogens with zero attached hydrogens (tertiary/aromatic N) is 1. The van der Waals surface area contributed by atoms with Crippen LogP contribution in [-0.2, 0) is 4.79 Å². The van der Waals surface area contributed by atoms with Gasteiger partial charge in [0.15, 0.2) is 0 Å².